The summed E-state index contributed by atoms with van der Waals surface area (Å²) >= 11 is 1.85. The van der Waals surface area contributed by atoms with Crippen LogP contribution in [0.3, 0.4) is 0 Å². The van der Waals surface area contributed by atoms with Gasteiger partial charge in [-0.1, -0.05) is 30.3 Å². The quantitative estimate of drug-likeness (QED) is 0.697. The number of thioether (sulfide) groups is 1. The molecule has 0 unspecified atom stereocenters. The lowest BCUT2D eigenvalue weighted by Crippen LogP contribution is -2.09. The third kappa shape index (κ3) is 3.83. The molecule has 0 amide bonds. The molecule has 1 aliphatic carbocycles. The highest BCUT2D eigenvalue weighted by atomic mass is 32.2. The first kappa shape index (κ1) is 15.8. The Bertz CT molecular complexity index is 754. The Balaban J connectivity index is 1.78. The SMILES string of the molecule is CC(=O)CC1(CSc2ccccc2-c2ccc(C#N)cc2)CC1. The fraction of sp³-hybridized carbons (Fsp3) is 0.300. The number of ketones is 1. The van der Waals surface area contributed by atoms with Crippen LogP contribution in [0, 0.1) is 16.7 Å². The van der Waals surface area contributed by atoms with Crippen LogP contribution in [0.4, 0.5) is 0 Å². The van der Waals surface area contributed by atoms with Crippen molar-refractivity contribution in [3.63, 3.8) is 0 Å². The van der Waals surface area contributed by atoms with E-state index in [1.54, 1.807) is 6.92 Å². The minimum atomic E-state index is 0.230. The van der Waals surface area contributed by atoms with Crippen LogP contribution in [0.2, 0.25) is 0 Å². The highest BCUT2D eigenvalue weighted by Gasteiger charge is 2.43. The predicted molar refractivity (Wildman–Crippen MR) is 94.3 cm³/mol. The summed E-state index contributed by atoms with van der Waals surface area (Å²) in [5.41, 5.74) is 3.23. The molecule has 23 heavy (non-hydrogen) atoms. The fourth-order valence-corrected chi connectivity index (χ4v) is 4.23. The van der Waals surface area contributed by atoms with Crippen molar-refractivity contribution in [2.24, 2.45) is 5.41 Å². The summed E-state index contributed by atoms with van der Waals surface area (Å²) in [5.74, 6) is 1.29. The lowest BCUT2D eigenvalue weighted by Gasteiger charge is -2.15. The number of Topliss-reactive ketones (excluding diaryl/α,β-unsaturated/α-hetero) is 1. The third-order valence-corrected chi connectivity index (χ3v) is 5.75. The smallest absolute Gasteiger partial charge is 0.130 e. The number of hydrogen-bond donors (Lipinski definition) is 0. The third-order valence-electron chi connectivity index (χ3n) is 4.33. The Kier molecular flexibility index (Phi) is 4.54. The Morgan fingerprint density at radius 3 is 2.48 bits per heavy atom. The molecule has 2 aromatic carbocycles. The molecule has 0 aromatic heterocycles. The van der Waals surface area contributed by atoms with E-state index in [1.165, 1.54) is 23.3 Å². The van der Waals surface area contributed by atoms with Crippen molar-refractivity contribution in [3.05, 3.63) is 54.1 Å². The molecule has 3 heteroatoms. The van der Waals surface area contributed by atoms with Crippen molar-refractivity contribution in [2.45, 2.75) is 31.1 Å². The van der Waals surface area contributed by atoms with Crippen molar-refractivity contribution < 1.29 is 4.79 Å². The molecule has 0 bridgehead atoms. The van der Waals surface area contributed by atoms with Gasteiger partial charge in [-0.05, 0) is 54.5 Å². The minimum absolute atomic E-state index is 0.230. The van der Waals surface area contributed by atoms with Gasteiger partial charge in [-0.25, -0.2) is 0 Å². The van der Waals surface area contributed by atoms with E-state index in [9.17, 15) is 4.79 Å². The summed E-state index contributed by atoms with van der Waals surface area (Å²) in [6.45, 7) is 1.69. The number of rotatable bonds is 6. The van der Waals surface area contributed by atoms with E-state index >= 15 is 0 Å². The van der Waals surface area contributed by atoms with E-state index in [0.29, 0.717) is 17.8 Å². The van der Waals surface area contributed by atoms with Gasteiger partial charge in [-0.3, -0.25) is 0 Å². The molecule has 2 nitrogen and oxygen atoms in total. The van der Waals surface area contributed by atoms with Crippen LogP contribution in [0.15, 0.2) is 53.4 Å². The van der Waals surface area contributed by atoms with Crippen molar-refractivity contribution in [3.8, 4) is 17.2 Å². The summed E-state index contributed by atoms with van der Waals surface area (Å²) in [4.78, 5) is 12.7. The second-order valence-electron chi connectivity index (χ2n) is 6.35. The number of carbonyl (C=O) groups excluding carboxylic acids is 1. The molecule has 3 rings (SSSR count). The first-order valence-corrected chi connectivity index (χ1v) is 8.82. The van der Waals surface area contributed by atoms with Crippen LogP contribution < -0.4 is 0 Å². The van der Waals surface area contributed by atoms with E-state index in [2.05, 4.69) is 24.3 Å². The molecule has 0 radical (unpaired) electrons. The van der Waals surface area contributed by atoms with Crippen LogP contribution >= 0.6 is 11.8 Å². The second-order valence-corrected chi connectivity index (χ2v) is 7.37. The van der Waals surface area contributed by atoms with Crippen molar-refractivity contribution in [2.75, 3.05) is 5.75 Å². The number of nitriles is 1. The summed E-state index contributed by atoms with van der Waals surface area (Å²) in [6, 6.07) is 18.2. The highest BCUT2D eigenvalue weighted by Crippen LogP contribution is 2.52. The van der Waals surface area contributed by atoms with Crippen LogP contribution in [0.5, 0.6) is 0 Å². The van der Waals surface area contributed by atoms with Crippen molar-refractivity contribution in [1.82, 2.24) is 0 Å². The first-order valence-electron chi connectivity index (χ1n) is 7.84. The van der Waals surface area contributed by atoms with Gasteiger partial charge in [0.25, 0.3) is 0 Å². The zero-order valence-electron chi connectivity index (χ0n) is 13.2. The van der Waals surface area contributed by atoms with Crippen LogP contribution in [-0.2, 0) is 4.79 Å². The molecule has 1 fully saturated rings. The fourth-order valence-electron chi connectivity index (χ4n) is 2.86. The Morgan fingerprint density at radius 2 is 1.87 bits per heavy atom. The van der Waals surface area contributed by atoms with E-state index in [-0.39, 0.29) is 5.41 Å². The van der Waals surface area contributed by atoms with Gasteiger partial charge < -0.3 is 4.79 Å². The molecule has 0 aliphatic heterocycles. The minimum Gasteiger partial charge on any atom is -0.300 e. The lowest BCUT2D eigenvalue weighted by atomic mass is 10.0. The average molecular weight is 321 g/mol. The topological polar surface area (TPSA) is 40.9 Å². The number of nitrogens with zero attached hydrogens (tertiary/aromatic N) is 1. The molecule has 116 valence electrons. The van der Waals surface area contributed by atoms with Gasteiger partial charge in [0.05, 0.1) is 11.6 Å². The average Bonchev–Trinajstić information content (AvgIpc) is 3.32. The Hall–Kier alpha value is -2.05. The highest BCUT2D eigenvalue weighted by molar-refractivity contribution is 7.99. The first-order chi connectivity index (χ1) is 11.1. The molecule has 2 aromatic rings. The summed E-state index contributed by atoms with van der Waals surface area (Å²) < 4.78 is 0. The zero-order chi connectivity index (χ0) is 16.3. The Labute approximate surface area is 141 Å². The molecule has 0 saturated heterocycles. The van der Waals surface area contributed by atoms with Gasteiger partial charge in [0.2, 0.25) is 0 Å². The molecule has 0 atom stereocenters. The number of hydrogen-bond acceptors (Lipinski definition) is 3. The molecule has 0 spiro atoms. The Morgan fingerprint density at radius 1 is 1.17 bits per heavy atom. The largest absolute Gasteiger partial charge is 0.300 e. The van der Waals surface area contributed by atoms with Crippen LogP contribution in [0.25, 0.3) is 11.1 Å². The monoisotopic (exact) mass is 321 g/mol. The van der Waals surface area contributed by atoms with Gasteiger partial charge in [0.15, 0.2) is 0 Å². The van der Waals surface area contributed by atoms with Gasteiger partial charge in [-0.2, -0.15) is 5.26 Å². The predicted octanol–water partition coefficient (Wildman–Crippen LogP) is 5.08. The van der Waals surface area contributed by atoms with Crippen molar-refractivity contribution >= 4 is 17.5 Å². The normalized spacial score (nSPS) is 15.0. The van der Waals surface area contributed by atoms with Gasteiger partial charge in [0, 0.05) is 17.1 Å². The van der Waals surface area contributed by atoms with E-state index in [1.807, 2.05) is 42.1 Å². The molecule has 0 N–H and O–H groups in total. The number of benzene rings is 2. The second kappa shape index (κ2) is 6.60. The standard InChI is InChI=1S/C20H19NOS/c1-15(22)12-20(10-11-20)14-23-19-5-3-2-4-18(19)17-8-6-16(13-21)7-9-17/h2-9H,10-12,14H2,1H3. The van der Waals surface area contributed by atoms with Gasteiger partial charge in [0.1, 0.15) is 5.78 Å². The molecule has 1 aliphatic rings. The molecule has 1 saturated carbocycles. The van der Waals surface area contributed by atoms with E-state index in [0.717, 1.165) is 11.3 Å². The van der Waals surface area contributed by atoms with Crippen molar-refractivity contribution in [1.29, 1.82) is 5.26 Å². The van der Waals surface area contributed by atoms with E-state index < -0.39 is 0 Å². The maximum absolute atomic E-state index is 11.4. The maximum Gasteiger partial charge on any atom is 0.130 e. The molecular weight excluding hydrogens is 302 g/mol. The molecular formula is C20H19NOS. The van der Waals surface area contributed by atoms with Crippen LogP contribution in [0.1, 0.15) is 31.7 Å². The maximum atomic E-state index is 11.4. The van der Waals surface area contributed by atoms with Crippen LogP contribution in [-0.4, -0.2) is 11.5 Å². The lowest BCUT2D eigenvalue weighted by molar-refractivity contribution is -0.117. The summed E-state index contributed by atoms with van der Waals surface area (Å²) in [7, 11) is 0. The molecule has 0 heterocycles. The van der Waals surface area contributed by atoms with E-state index in [4.69, 9.17) is 5.26 Å². The van der Waals surface area contributed by atoms with Gasteiger partial charge >= 0.3 is 0 Å². The van der Waals surface area contributed by atoms with Gasteiger partial charge in [-0.15, -0.1) is 11.8 Å². The summed E-state index contributed by atoms with van der Waals surface area (Å²) in [6.07, 6.45) is 3.04. The summed E-state index contributed by atoms with van der Waals surface area (Å²) in [5, 5.41) is 8.92. The number of carbonyl (C=O) groups is 1. The zero-order valence-corrected chi connectivity index (χ0v) is 14.0.